The van der Waals surface area contributed by atoms with E-state index < -0.39 is 6.04 Å². The maximum atomic E-state index is 12.6. The molecule has 2 amide bonds. The fourth-order valence-electron chi connectivity index (χ4n) is 4.83. The summed E-state index contributed by atoms with van der Waals surface area (Å²) in [7, 11) is 0. The first-order valence-corrected chi connectivity index (χ1v) is 14.2. The van der Waals surface area contributed by atoms with Gasteiger partial charge in [0.2, 0.25) is 11.8 Å². The number of carbonyl (C=O) groups excluding carboxylic acids is 2. The van der Waals surface area contributed by atoms with Crippen LogP contribution in [0.1, 0.15) is 33.1 Å². The molecule has 1 aromatic carbocycles. The van der Waals surface area contributed by atoms with E-state index in [1.54, 1.807) is 6.92 Å². The first-order valence-electron chi connectivity index (χ1n) is 12.6. The molecule has 3 aromatic rings. The second-order valence-electron chi connectivity index (χ2n) is 9.49. The van der Waals surface area contributed by atoms with Crippen LogP contribution < -0.4 is 20.5 Å². The Morgan fingerprint density at radius 2 is 1.92 bits per heavy atom. The van der Waals surface area contributed by atoms with Crippen molar-refractivity contribution in [2.45, 2.75) is 55.7 Å². The topological polar surface area (TPSA) is 137 Å². The summed E-state index contributed by atoms with van der Waals surface area (Å²) in [6.45, 7) is 6.26. The van der Waals surface area contributed by atoms with Gasteiger partial charge in [0.1, 0.15) is 25.6 Å². The number of aryl methyl sites for hydroxylation is 1. The lowest BCUT2D eigenvalue weighted by molar-refractivity contribution is -0.136. The number of hydrogen-bond donors (Lipinski definition) is 2. The first kappa shape index (κ1) is 26.5. The van der Waals surface area contributed by atoms with Gasteiger partial charge >= 0.3 is 0 Å². The highest BCUT2D eigenvalue weighted by atomic mass is 79.9. The van der Waals surface area contributed by atoms with Gasteiger partial charge in [-0.25, -0.2) is 15.0 Å². The first-order chi connectivity index (χ1) is 18.3. The summed E-state index contributed by atoms with van der Waals surface area (Å²) in [5.74, 6) is 1.98. The lowest BCUT2D eigenvalue weighted by atomic mass is 9.93. The molecule has 1 unspecified atom stereocenters. The van der Waals surface area contributed by atoms with E-state index in [1.165, 1.54) is 25.0 Å². The number of anilines is 1. The molecule has 38 heavy (non-hydrogen) atoms. The van der Waals surface area contributed by atoms with Gasteiger partial charge in [0.05, 0.1) is 0 Å². The molecule has 1 fully saturated rings. The minimum atomic E-state index is -0.508. The van der Waals surface area contributed by atoms with E-state index in [0.29, 0.717) is 67.2 Å². The number of rotatable bonds is 7. The lowest BCUT2D eigenvalue weighted by Gasteiger charge is -2.33. The van der Waals surface area contributed by atoms with Gasteiger partial charge in [-0.15, -0.1) is 0 Å². The summed E-state index contributed by atoms with van der Waals surface area (Å²) in [6, 6.07) is 3.36. The molecule has 0 bridgehead atoms. The highest BCUT2D eigenvalue weighted by molar-refractivity contribution is 9.10. The second kappa shape index (κ2) is 11.4. The number of nitrogens with one attached hydrogen (secondary N) is 1. The zero-order valence-electron chi connectivity index (χ0n) is 21.3. The standard InChI is InChI=1S/C25H30BrN7O4S/c1-14(30-15(2)34)24(35)32-6-3-16(4-7-32)5-8-33-23-21(22(27)28-13-29-23)31-25(33)38-20-12-19-18(11-17(20)26)36-9-10-37-19/h11-14,16H,3-10H2,1-2H3,(H,30,34)(H2,27,28,29). The number of aromatic nitrogens is 4. The Morgan fingerprint density at radius 3 is 2.63 bits per heavy atom. The fraction of sp³-hybridized carbons (Fsp3) is 0.480. The predicted molar refractivity (Wildman–Crippen MR) is 146 cm³/mol. The predicted octanol–water partition coefficient (Wildman–Crippen LogP) is 3.25. The van der Waals surface area contributed by atoms with Gasteiger partial charge < -0.3 is 30.0 Å². The number of nitrogens with zero attached hydrogens (tertiary/aromatic N) is 5. The molecule has 0 aliphatic carbocycles. The van der Waals surface area contributed by atoms with Crippen molar-refractivity contribution in [2.24, 2.45) is 5.92 Å². The summed E-state index contributed by atoms with van der Waals surface area (Å²) < 4.78 is 14.4. The molecule has 13 heteroatoms. The number of nitrogens with two attached hydrogens (primary N) is 1. The van der Waals surface area contributed by atoms with Crippen LogP contribution in [0.2, 0.25) is 0 Å². The van der Waals surface area contributed by atoms with Crippen LogP contribution in [0.25, 0.3) is 11.2 Å². The number of carbonyl (C=O) groups is 2. The van der Waals surface area contributed by atoms with Crippen molar-refractivity contribution >= 4 is 56.5 Å². The molecule has 4 heterocycles. The van der Waals surface area contributed by atoms with E-state index >= 15 is 0 Å². The molecule has 11 nitrogen and oxygen atoms in total. The number of fused-ring (bicyclic) bond motifs is 2. The van der Waals surface area contributed by atoms with Gasteiger partial charge in [-0.1, -0.05) is 11.8 Å². The fourth-order valence-corrected chi connectivity index (χ4v) is 6.34. The number of piperidine rings is 1. The number of ether oxygens (including phenoxy) is 2. The van der Waals surface area contributed by atoms with Crippen molar-refractivity contribution in [3.8, 4) is 11.5 Å². The molecule has 0 saturated carbocycles. The van der Waals surface area contributed by atoms with Crippen molar-refractivity contribution in [3.63, 3.8) is 0 Å². The zero-order chi connectivity index (χ0) is 26.8. The Hall–Kier alpha value is -3.06. The van der Waals surface area contributed by atoms with Crippen LogP contribution in [0.15, 0.2) is 33.0 Å². The Morgan fingerprint density at radius 1 is 1.21 bits per heavy atom. The van der Waals surface area contributed by atoms with Crippen LogP contribution in [-0.2, 0) is 16.1 Å². The van der Waals surface area contributed by atoms with Crippen LogP contribution in [0.3, 0.4) is 0 Å². The van der Waals surface area contributed by atoms with E-state index in [4.69, 9.17) is 20.2 Å². The molecule has 2 aromatic heterocycles. The Balaban J connectivity index is 1.30. The molecule has 2 aliphatic heterocycles. The average molecular weight is 605 g/mol. The number of amides is 2. The van der Waals surface area contributed by atoms with Gasteiger partial charge in [-0.2, -0.15) is 0 Å². The monoisotopic (exact) mass is 603 g/mol. The SMILES string of the molecule is CC(=O)NC(C)C(=O)N1CCC(CCn2c(Sc3cc4c(cc3Br)OCCO4)nc3c(N)ncnc32)CC1. The van der Waals surface area contributed by atoms with Gasteiger partial charge in [-0.3, -0.25) is 9.59 Å². The molecule has 1 atom stereocenters. The quantitative estimate of drug-likeness (QED) is 0.416. The third kappa shape index (κ3) is 5.68. The van der Waals surface area contributed by atoms with Gasteiger partial charge in [0.15, 0.2) is 33.6 Å². The maximum Gasteiger partial charge on any atom is 0.244 e. The third-order valence-electron chi connectivity index (χ3n) is 6.80. The van der Waals surface area contributed by atoms with Crippen LogP contribution in [-0.4, -0.2) is 68.6 Å². The van der Waals surface area contributed by atoms with E-state index in [2.05, 4.69) is 35.8 Å². The average Bonchev–Trinajstić information content (AvgIpc) is 3.25. The van der Waals surface area contributed by atoms with Crippen molar-refractivity contribution in [3.05, 3.63) is 22.9 Å². The Kier molecular flexibility index (Phi) is 7.93. The van der Waals surface area contributed by atoms with Gasteiger partial charge in [0.25, 0.3) is 0 Å². The summed E-state index contributed by atoms with van der Waals surface area (Å²) in [6.07, 6.45) is 4.18. The van der Waals surface area contributed by atoms with Crippen molar-refractivity contribution in [1.82, 2.24) is 29.7 Å². The molecule has 3 N–H and O–H groups in total. The van der Waals surface area contributed by atoms with E-state index in [9.17, 15) is 9.59 Å². The Labute approximate surface area is 233 Å². The summed E-state index contributed by atoms with van der Waals surface area (Å²) in [5.41, 5.74) is 7.42. The molecule has 0 radical (unpaired) electrons. The highest BCUT2D eigenvalue weighted by Gasteiger charge is 2.27. The number of hydrogen-bond acceptors (Lipinski definition) is 9. The van der Waals surface area contributed by atoms with Gasteiger partial charge in [-0.05, 0) is 60.2 Å². The smallest absolute Gasteiger partial charge is 0.244 e. The third-order valence-corrected chi connectivity index (χ3v) is 8.77. The number of likely N-dealkylation sites (tertiary alicyclic amines) is 1. The van der Waals surface area contributed by atoms with Crippen LogP contribution >= 0.6 is 27.7 Å². The minimum Gasteiger partial charge on any atom is -0.486 e. The Bertz CT molecular complexity index is 1360. The lowest BCUT2D eigenvalue weighted by Crippen LogP contribution is -2.49. The molecular formula is C25H30BrN7O4S. The molecular weight excluding hydrogens is 574 g/mol. The molecule has 202 valence electrons. The minimum absolute atomic E-state index is 0.0323. The van der Waals surface area contributed by atoms with Crippen molar-refractivity contribution in [2.75, 3.05) is 32.0 Å². The zero-order valence-corrected chi connectivity index (χ0v) is 23.7. The van der Waals surface area contributed by atoms with Crippen LogP contribution in [0.5, 0.6) is 11.5 Å². The van der Waals surface area contributed by atoms with E-state index in [1.807, 2.05) is 17.0 Å². The number of benzene rings is 1. The van der Waals surface area contributed by atoms with Crippen molar-refractivity contribution in [1.29, 1.82) is 0 Å². The molecule has 1 saturated heterocycles. The molecule has 2 aliphatic rings. The number of nitrogen functional groups attached to an aromatic ring is 1. The van der Waals surface area contributed by atoms with Crippen molar-refractivity contribution < 1.29 is 19.1 Å². The normalized spacial score (nSPS) is 16.4. The van der Waals surface area contributed by atoms with Gasteiger partial charge in [0, 0.05) is 35.9 Å². The van der Waals surface area contributed by atoms with E-state index in [-0.39, 0.29) is 11.8 Å². The molecule has 0 spiro atoms. The number of halogens is 1. The maximum absolute atomic E-state index is 12.6. The highest BCUT2D eigenvalue weighted by Crippen LogP contribution is 2.42. The molecule has 5 rings (SSSR count). The summed E-state index contributed by atoms with van der Waals surface area (Å²) in [4.78, 5) is 40.2. The summed E-state index contributed by atoms with van der Waals surface area (Å²) in [5, 5.41) is 3.45. The van der Waals surface area contributed by atoms with Crippen LogP contribution in [0, 0.1) is 5.92 Å². The van der Waals surface area contributed by atoms with E-state index in [0.717, 1.165) is 33.8 Å². The largest absolute Gasteiger partial charge is 0.486 e. The second-order valence-corrected chi connectivity index (χ2v) is 11.3. The number of imidazole rings is 1. The summed E-state index contributed by atoms with van der Waals surface area (Å²) >= 11 is 5.16. The van der Waals surface area contributed by atoms with Crippen LogP contribution in [0.4, 0.5) is 5.82 Å².